The Kier molecular flexibility index (Phi) is 6.19. The Hall–Kier alpha value is -1.60. The molecule has 0 aromatic heterocycles. The molecular formula is C19H19BrF2N2OS. The highest BCUT2D eigenvalue weighted by molar-refractivity contribution is 9.10. The number of hydrogen-bond donors (Lipinski definition) is 1. The van der Waals surface area contributed by atoms with Crippen LogP contribution in [0.25, 0.3) is 0 Å². The third kappa shape index (κ3) is 4.20. The van der Waals surface area contributed by atoms with Crippen molar-refractivity contribution in [2.24, 2.45) is 0 Å². The van der Waals surface area contributed by atoms with E-state index in [1.54, 1.807) is 11.0 Å². The molecule has 0 aliphatic carbocycles. The van der Waals surface area contributed by atoms with Crippen molar-refractivity contribution in [3.05, 3.63) is 57.6 Å². The molecule has 138 valence electrons. The van der Waals surface area contributed by atoms with Gasteiger partial charge in [-0.25, -0.2) is 8.78 Å². The number of hydrogen-bond acceptors (Lipinski definition) is 3. The summed E-state index contributed by atoms with van der Waals surface area (Å²) < 4.78 is 31.6. The Balaban J connectivity index is 1.72. The van der Waals surface area contributed by atoms with Crippen LogP contribution in [0.2, 0.25) is 0 Å². The van der Waals surface area contributed by atoms with Gasteiger partial charge in [0.25, 0.3) is 0 Å². The van der Waals surface area contributed by atoms with Gasteiger partial charge in [0.2, 0.25) is 5.91 Å². The molecule has 0 fully saturated rings. The second-order valence-electron chi connectivity index (χ2n) is 6.14. The standard InChI is InChI=1S/C19H19BrF2N2OS/c1-2-7-24-18(25)6-4-12-8-15(10-17(22)19(12)24)23-26-11-13-3-5-14(21)9-16(13)20/h3,5,8-10,23H,2,4,6-7,11H2,1H3. The molecule has 26 heavy (non-hydrogen) atoms. The van der Waals surface area contributed by atoms with Crippen molar-refractivity contribution in [3.63, 3.8) is 0 Å². The van der Waals surface area contributed by atoms with Crippen molar-refractivity contribution in [2.45, 2.75) is 31.9 Å². The van der Waals surface area contributed by atoms with E-state index in [0.717, 1.165) is 17.5 Å². The predicted octanol–water partition coefficient (Wildman–Crippen LogP) is 5.68. The van der Waals surface area contributed by atoms with E-state index in [2.05, 4.69) is 20.7 Å². The Morgan fingerprint density at radius 3 is 2.77 bits per heavy atom. The first-order valence-electron chi connectivity index (χ1n) is 8.44. The summed E-state index contributed by atoms with van der Waals surface area (Å²) in [5, 5.41) is 0. The van der Waals surface area contributed by atoms with Gasteiger partial charge >= 0.3 is 0 Å². The van der Waals surface area contributed by atoms with E-state index in [1.807, 2.05) is 13.0 Å². The third-order valence-corrected chi connectivity index (χ3v) is 5.78. The number of rotatable bonds is 6. The molecule has 7 heteroatoms. The molecule has 1 heterocycles. The molecule has 0 saturated carbocycles. The maximum Gasteiger partial charge on any atom is 0.227 e. The summed E-state index contributed by atoms with van der Waals surface area (Å²) in [6.45, 7) is 2.50. The zero-order valence-corrected chi connectivity index (χ0v) is 16.7. The van der Waals surface area contributed by atoms with Gasteiger partial charge in [-0.1, -0.05) is 28.9 Å². The molecule has 0 atom stereocenters. The van der Waals surface area contributed by atoms with Gasteiger partial charge in [-0.2, -0.15) is 0 Å². The van der Waals surface area contributed by atoms with Crippen LogP contribution in [0.4, 0.5) is 20.2 Å². The molecule has 0 spiro atoms. The predicted molar refractivity (Wildman–Crippen MR) is 106 cm³/mol. The molecule has 2 aromatic carbocycles. The quantitative estimate of drug-likeness (QED) is 0.586. The highest BCUT2D eigenvalue weighted by Crippen LogP contribution is 2.34. The van der Waals surface area contributed by atoms with E-state index >= 15 is 0 Å². The number of amides is 1. The summed E-state index contributed by atoms with van der Waals surface area (Å²) in [6.07, 6.45) is 1.74. The summed E-state index contributed by atoms with van der Waals surface area (Å²) in [4.78, 5) is 13.6. The molecule has 0 unspecified atom stereocenters. The number of anilines is 2. The van der Waals surface area contributed by atoms with Crippen molar-refractivity contribution in [1.29, 1.82) is 0 Å². The monoisotopic (exact) mass is 440 g/mol. The number of carbonyl (C=O) groups is 1. The minimum Gasteiger partial charge on any atom is -0.329 e. The average Bonchev–Trinajstić information content (AvgIpc) is 2.59. The van der Waals surface area contributed by atoms with Gasteiger partial charge in [0, 0.05) is 28.9 Å². The number of benzene rings is 2. The van der Waals surface area contributed by atoms with Crippen LogP contribution >= 0.6 is 27.9 Å². The van der Waals surface area contributed by atoms with Crippen LogP contribution in [0.3, 0.4) is 0 Å². The summed E-state index contributed by atoms with van der Waals surface area (Å²) in [6, 6.07) is 7.88. The van der Waals surface area contributed by atoms with Crippen molar-refractivity contribution < 1.29 is 13.6 Å². The third-order valence-electron chi connectivity index (χ3n) is 4.20. The first-order chi connectivity index (χ1) is 12.5. The number of fused-ring (bicyclic) bond motifs is 1. The number of carbonyl (C=O) groups excluding carboxylic acids is 1. The minimum absolute atomic E-state index is 0.0190. The maximum atomic E-state index is 14.6. The van der Waals surface area contributed by atoms with Gasteiger partial charge < -0.3 is 9.62 Å². The summed E-state index contributed by atoms with van der Waals surface area (Å²) in [5.74, 6) is -0.0916. The first kappa shape index (κ1) is 19.2. The molecule has 3 rings (SSSR count). The number of aryl methyl sites for hydroxylation is 1. The molecule has 0 bridgehead atoms. The maximum absolute atomic E-state index is 14.6. The van der Waals surface area contributed by atoms with Crippen molar-refractivity contribution in [2.75, 3.05) is 16.2 Å². The molecular weight excluding hydrogens is 422 g/mol. The van der Waals surface area contributed by atoms with Gasteiger partial charge in [0.05, 0.1) is 5.69 Å². The number of halogens is 3. The molecule has 0 radical (unpaired) electrons. The zero-order valence-electron chi connectivity index (χ0n) is 14.3. The molecule has 2 aromatic rings. The van der Waals surface area contributed by atoms with E-state index in [-0.39, 0.29) is 17.5 Å². The molecule has 1 aliphatic rings. The Labute approximate surface area is 164 Å². The van der Waals surface area contributed by atoms with Gasteiger partial charge in [-0.15, -0.1) is 0 Å². The summed E-state index contributed by atoms with van der Waals surface area (Å²) in [5.41, 5.74) is 2.88. The van der Waals surface area contributed by atoms with Gasteiger partial charge in [-0.3, -0.25) is 4.79 Å². The highest BCUT2D eigenvalue weighted by Gasteiger charge is 2.27. The largest absolute Gasteiger partial charge is 0.329 e. The highest BCUT2D eigenvalue weighted by atomic mass is 79.9. The van der Waals surface area contributed by atoms with Crippen LogP contribution in [0.1, 0.15) is 30.9 Å². The fraction of sp³-hybridized carbons (Fsp3) is 0.316. The van der Waals surface area contributed by atoms with E-state index in [0.29, 0.717) is 41.0 Å². The first-order valence-corrected chi connectivity index (χ1v) is 10.2. The normalized spacial score (nSPS) is 13.7. The lowest BCUT2D eigenvalue weighted by molar-refractivity contribution is -0.118. The summed E-state index contributed by atoms with van der Waals surface area (Å²) in [7, 11) is 0. The van der Waals surface area contributed by atoms with Crippen molar-refractivity contribution in [3.8, 4) is 0 Å². The second-order valence-corrected chi connectivity index (χ2v) is 7.77. The Bertz CT molecular complexity index is 831. The second kappa shape index (κ2) is 8.39. The van der Waals surface area contributed by atoms with Crippen molar-refractivity contribution in [1.82, 2.24) is 0 Å². The van der Waals surface area contributed by atoms with Crippen LogP contribution in [0.15, 0.2) is 34.8 Å². The molecule has 1 amide bonds. The van der Waals surface area contributed by atoms with Gasteiger partial charge in [0.1, 0.15) is 11.6 Å². The molecule has 0 saturated heterocycles. The fourth-order valence-electron chi connectivity index (χ4n) is 3.01. The lowest BCUT2D eigenvalue weighted by Gasteiger charge is -2.30. The number of nitrogens with one attached hydrogen (secondary N) is 1. The smallest absolute Gasteiger partial charge is 0.227 e. The van der Waals surface area contributed by atoms with E-state index in [4.69, 9.17) is 0 Å². The average molecular weight is 441 g/mol. The van der Waals surface area contributed by atoms with Crippen LogP contribution < -0.4 is 9.62 Å². The zero-order chi connectivity index (χ0) is 18.7. The van der Waals surface area contributed by atoms with E-state index in [1.165, 1.54) is 30.1 Å². The lowest BCUT2D eigenvalue weighted by Crippen LogP contribution is -2.36. The van der Waals surface area contributed by atoms with Crippen LogP contribution in [0, 0.1) is 11.6 Å². The Morgan fingerprint density at radius 2 is 2.04 bits per heavy atom. The molecule has 3 nitrogen and oxygen atoms in total. The lowest BCUT2D eigenvalue weighted by atomic mass is 10.00. The van der Waals surface area contributed by atoms with Gasteiger partial charge in [-0.05, 0) is 60.2 Å². The van der Waals surface area contributed by atoms with Crippen LogP contribution in [0.5, 0.6) is 0 Å². The summed E-state index contributed by atoms with van der Waals surface area (Å²) >= 11 is 4.74. The van der Waals surface area contributed by atoms with Gasteiger partial charge in [0.15, 0.2) is 0 Å². The molecule has 1 aliphatic heterocycles. The molecule has 1 N–H and O–H groups in total. The van der Waals surface area contributed by atoms with Crippen LogP contribution in [-0.4, -0.2) is 12.5 Å². The number of nitrogens with zero attached hydrogens (tertiary/aromatic N) is 1. The fourth-order valence-corrected chi connectivity index (χ4v) is 4.45. The van der Waals surface area contributed by atoms with Crippen LogP contribution in [-0.2, 0) is 17.0 Å². The van der Waals surface area contributed by atoms with Crippen molar-refractivity contribution >= 4 is 45.2 Å². The Morgan fingerprint density at radius 1 is 1.23 bits per heavy atom. The minimum atomic E-state index is -0.380. The SMILES string of the molecule is CCCN1C(=O)CCc2cc(NSCc3ccc(F)cc3Br)cc(F)c21. The topological polar surface area (TPSA) is 32.3 Å². The van der Waals surface area contributed by atoms with E-state index in [9.17, 15) is 13.6 Å². The van der Waals surface area contributed by atoms with E-state index < -0.39 is 0 Å².